The first-order chi connectivity index (χ1) is 12.6. The van der Waals surface area contributed by atoms with E-state index in [0.717, 1.165) is 30.8 Å². The maximum atomic E-state index is 11.9. The van der Waals surface area contributed by atoms with Gasteiger partial charge in [0.1, 0.15) is 12.4 Å². The van der Waals surface area contributed by atoms with E-state index in [4.69, 9.17) is 4.74 Å². The Kier molecular flexibility index (Phi) is 7.30. The molecule has 3 rings (SSSR count). The summed E-state index contributed by atoms with van der Waals surface area (Å²) in [7, 11) is 0. The van der Waals surface area contributed by atoms with Crippen LogP contribution in [0.4, 0.5) is 4.79 Å². The highest BCUT2D eigenvalue weighted by molar-refractivity contribution is 14.1. The van der Waals surface area contributed by atoms with Crippen LogP contribution in [0.2, 0.25) is 0 Å². The van der Waals surface area contributed by atoms with Crippen molar-refractivity contribution in [3.8, 4) is 5.75 Å². The first kappa shape index (κ1) is 19.6. The van der Waals surface area contributed by atoms with E-state index >= 15 is 0 Å². The van der Waals surface area contributed by atoms with Crippen molar-refractivity contribution < 1.29 is 14.3 Å². The summed E-state index contributed by atoms with van der Waals surface area (Å²) in [6.45, 7) is 0.992. The fourth-order valence-corrected chi connectivity index (χ4v) is 5.16. The van der Waals surface area contributed by atoms with Gasteiger partial charge in [-0.25, -0.2) is 4.79 Å². The second-order valence-corrected chi connectivity index (χ2v) is 9.04. The number of carbonyl (C=O) groups excluding carboxylic acids is 2. The van der Waals surface area contributed by atoms with E-state index < -0.39 is 0 Å². The molecule has 3 atom stereocenters. The van der Waals surface area contributed by atoms with Gasteiger partial charge in [0, 0.05) is 21.0 Å². The minimum atomic E-state index is -0.0443. The molecule has 0 bridgehead atoms. The molecule has 2 fully saturated rings. The topological polar surface area (TPSA) is 79.5 Å². The highest BCUT2D eigenvalue weighted by Gasteiger charge is 2.42. The summed E-state index contributed by atoms with van der Waals surface area (Å²) in [5, 5.41) is 9.31. The molecule has 142 valence electrons. The Morgan fingerprint density at radius 3 is 2.88 bits per heavy atom. The summed E-state index contributed by atoms with van der Waals surface area (Å²) in [4.78, 5) is 23.2. The molecule has 0 radical (unpaired) electrons. The van der Waals surface area contributed by atoms with Crippen LogP contribution in [0.5, 0.6) is 5.75 Å². The normalized spacial score (nSPS) is 23.9. The van der Waals surface area contributed by atoms with Crippen molar-refractivity contribution in [1.82, 2.24) is 16.0 Å². The molecule has 2 heterocycles. The molecule has 3 N–H and O–H groups in total. The van der Waals surface area contributed by atoms with Gasteiger partial charge in [-0.3, -0.25) is 4.79 Å². The predicted molar refractivity (Wildman–Crippen MR) is 112 cm³/mol. The Hall–Kier alpha value is -1.16. The number of benzene rings is 1. The van der Waals surface area contributed by atoms with Gasteiger partial charge in [-0.1, -0.05) is 6.42 Å². The molecule has 0 aromatic heterocycles. The van der Waals surface area contributed by atoms with E-state index in [-0.39, 0.29) is 24.0 Å². The molecule has 0 aliphatic carbocycles. The maximum absolute atomic E-state index is 11.9. The number of rotatable bonds is 9. The first-order valence-corrected chi connectivity index (χ1v) is 11.1. The first-order valence-electron chi connectivity index (χ1n) is 8.95. The molecule has 0 unspecified atom stereocenters. The Balaban J connectivity index is 1.22. The van der Waals surface area contributed by atoms with Crippen molar-refractivity contribution in [1.29, 1.82) is 0 Å². The summed E-state index contributed by atoms with van der Waals surface area (Å²) in [5.41, 5.74) is 0. The predicted octanol–water partition coefficient (Wildman–Crippen LogP) is 2.51. The van der Waals surface area contributed by atoms with E-state index in [1.807, 2.05) is 36.0 Å². The van der Waals surface area contributed by atoms with Crippen LogP contribution >= 0.6 is 34.4 Å². The number of halogens is 1. The highest BCUT2D eigenvalue weighted by atomic mass is 127. The van der Waals surface area contributed by atoms with Gasteiger partial charge in [0.25, 0.3) is 0 Å². The van der Waals surface area contributed by atoms with Crippen molar-refractivity contribution in [2.24, 2.45) is 0 Å². The van der Waals surface area contributed by atoms with Gasteiger partial charge in [0.05, 0.1) is 18.6 Å². The van der Waals surface area contributed by atoms with E-state index in [0.29, 0.717) is 24.8 Å². The summed E-state index contributed by atoms with van der Waals surface area (Å²) in [6.07, 6.45) is 3.46. The molecule has 8 heteroatoms. The van der Waals surface area contributed by atoms with Crippen LogP contribution in [-0.4, -0.2) is 48.2 Å². The zero-order chi connectivity index (χ0) is 18.4. The number of fused-ring (bicyclic) bond motifs is 1. The number of ether oxygens (including phenoxy) is 1. The lowest BCUT2D eigenvalue weighted by molar-refractivity contribution is -0.121. The van der Waals surface area contributed by atoms with Gasteiger partial charge in [-0.05, 0) is 59.7 Å². The molecule has 0 spiro atoms. The zero-order valence-electron chi connectivity index (χ0n) is 14.5. The van der Waals surface area contributed by atoms with Gasteiger partial charge < -0.3 is 20.7 Å². The van der Waals surface area contributed by atoms with Crippen LogP contribution in [0.15, 0.2) is 24.3 Å². The Morgan fingerprint density at radius 2 is 2.08 bits per heavy atom. The SMILES string of the molecule is O=C(CCCC[C@@H]1SC[C@@H]2NC(=O)N[C@@H]21)NCCOc1ccc(I)cc1. The molecule has 1 aromatic rings. The highest BCUT2D eigenvalue weighted by Crippen LogP contribution is 2.33. The van der Waals surface area contributed by atoms with Crippen molar-refractivity contribution in [3.63, 3.8) is 0 Å². The Morgan fingerprint density at radius 1 is 1.27 bits per heavy atom. The quantitative estimate of drug-likeness (QED) is 0.283. The van der Waals surface area contributed by atoms with Crippen LogP contribution in [0.1, 0.15) is 25.7 Å². The fraction of sp³-hybridized carbons (Fsp3) is 0.556. The molecule has 3 amide bonds. The monoisotopic (exact) mass is 489 g/mol. The number of hydrogen-bond donors (Lipinski definition) is 3. The maximum Gasteiger partial charge on any atom is 0.315 e. The van der Waals surface area contributed by atoms with Crippen molar-refractivity contribution in [3.05, 3.63) is 27.8 Å². The number of unbranched alkanes of at least 4 members (excludes halogenated alkanes) is 1. The van der Waals surface area contributed by atoms with Gasteiger partial charge in [0.15, 0.2) is 0 Å². The smallest absolute Gasteiger partial charge is 0.315 e. The molecular formula is C18H24IN3O3S. The third-order valence-electron chi connectivity index (χ3n) is 4.59. The standard InChI is InChI=1S/C18H24IN3O3S/c19-12-5-7-13(8-6-12)25-10-9-20-16(23)4-2-1-3-15-17-14(11-26-15)21-18(24)22-17/h5-8,14-15,17H,1-4,9-11H2,(H,20,23)(H2,21,22,24)/t14-,15-,17-/m0/s1. The minimum absolute atomic E-state index is 0.0443. The molecule has 26 heavy (non-hydrogen) atoms. The van der Waals surface area contributed by atoms with Gasteiger partial charge in [-0.2, -0.15) is 11.8 Å². The number of urea groups is 1. The van der Waals surface area contributed by atoms with Crippen LogP contribution < -0.4 is 20.7 Å². The summed E-state index contributed by atoms with van der Waals surface area (Å²) in [6, 6.07) is 8.32. The van der Waals surface area contributed by atoms with Crippen molar-refractivity contribution in [2.75, 3.05) is 18.9 Å². The summed E-state index contributed by atoms with van der Waals surface area (Å²) in [5.74, 6) is 1.87. The average Bonchev–Trinajstić information content (AvgIpc) is 3.17. The van der Waals surface area contributed by atoms with E-state index in [9.17, 15) is 9.59 Å². The van der Waals surface area contributed by atoms with Crippen LogP contribution in [0.25, 0.3) is 0 Å². The zero-order valence-corrected chi connectivity index (χ0v) is 17.5. The number of carbonyl (C=O) groups is 2. The second-order valence-electron chi connectivity index (χ2n) is 6.52. The number of nitrogens with one attached hydrogen (secondary N) is 3. The van der Waals surface area contributed by atoms with E-state index in [1.54, 1.807) is 0 Å². The lowest BCUT2D eigenvalue weighted by Gasteiger charge is -2.16. The van der Waals surface area contributed by atoms with E-state index in [2.05, 4.69) is 38.5 Å². The van der Waals surface area contributed by atoms with E-state index in [1.165, 1.54) is 3.57 Å². The third kappa shape index (κ3) is 5.67. The largest absolute Gasteiger partial charge is 0.492 e. The van der Waals surface area contributed by atoms with Crippen LogP contribution in [0.3, 0.4) is 0 Å². The molecule has 0 saturated carbocycles. The molecule has 2 saturated heterocycles. The Labute approximate surface area is 171 Å². The summed E-state index contributed by atoms with van der Waals surface area (Å²) >= 11 is 4.17. The molecule has 6 nitrogen and oxygen atoms in total. The lowest BCUT2D eigenvalue weighted by Crippen LogP contribution is -2.36. The van der Waals surface area contributed by atoms with Crippen LogP contribution in [0, 0.1) is 3.57 Å². The minimum Gasteiger partial charge on any atom is -0.492 e. The number of thioether (sulfide) groups is 1. The average molecular weight is 489 g/mol. The van der Waals surface area contributed by atoms with Gasteiger partial charge in [0.2, 0.25) is 5.91 Å². The van der Waals surface area contributed by atoms with Gasteiger partial charge in [-0.15, -0.1) is 0 Å². The third-order valence-corrected chi connectivity index (χ3v) is 6.82. The molecule has 2 aliphatic heterocycles. The number of hydrogen-bond acceptors (Lipinski definition) is 4. The molecule has 1 aromatic carbocycles. The lowest BCUT2D eigenvalue weighted by atomic mass is 10.0. The van der Waals surface area contributed by atoms with Crippen molar-refractivity contribution in [2.45, 2.75) is 43.0 Å². The second kappa shape index (κ2) is 9.68. The number of amides is 3. The van der Waals surface area contributed by atoms with Gasteiger partial charge >= 0.3 is 6.03 Å². The molecular weight excluding hydrogens is 465 g/mol. The fourth-order valence-electron chi connectivity index (χ4n) is 3.25. The van der Waals surface area contributed by atoms with Crippen LogP contribution in [-0.2, 0) is 4.79 Å². The summed E-state index contributed by atoms with van der Waals surface area (Å²) < 4.78 is 6.76. The Bertz CT molecular complexity index is 629. The molecule has 2 aliphatic rings. The van der Waals surface area contributed by atoms with Crippen molar-refractivity contribution >= 4 is 46.3 Å².